The van der Waals surface area contributed by atoms with E-state index in [2.05, 4.69) is 11.8 Å². The van der Waals surface area contributed by atoms with E-state index in [1.165, 1.54) is 0 Å². The smallest absolute Gasteiger partial charge is 0.344 e. The van der Waals surface area contributed by atoms with Gasteiger partial charge in [0.25, 0.3) is 0 Å². The summed E-state index contributed by atoms with van der Waals surface area (Å²) < 4.78 is 10.6. The quantitative estimate of drug-likeness (QED) is 0.382. The molecule has 0 aliphatic heterocycles. The summed E-state index contributed by atoms with van der Waals surface area (Å²) in [4.78, 5) is 12.3. The minimum Gasteiger partial charge on any atom is -0.497 e. The van der Waals surface area contributed by atoms with Crippen LogP contribution in [0.1, 0.15) is 11.1 Å². The molecule has 0 unspecified atom stereocenters. The zero-order valence-electron chi connectivity index (χ0n) is 14.7. The van der Waals surface area contributed by atoms with Crippen LogP contribution in [-0.4, -0.2) is 7.11 Å². The maximum atomic E-state index is 12.3. The molecule has 1 aromatic heterocycles. The third kappa shape index (κ3) is 3.61. The lowest BCUT2D eigenvalue weighted by atomic mass is 10.0. The van der Waals surface area contributed by atoms with Crippen molar-refractivity contribution in [1.29, 1.82) is 0 Å². The van der Waals surface area contributed by atoms with Gasteiger partial charge in [-0.1, -0.05) is 42.2 Å². The minimum absolute atomic E-state index is 0.342. The van der Waals surface area contributed by atoms with E-state index in [0.717, 1.165) is 27.8 Å². The van der Waals surface area contributed by atoms with E-state index in [1.807, 2.05) is 72.8 Å². The van der Waals surface area contributed by atoms with E-state index in [-0.39, 0.29) is 5.63 Å². The van der Waals surface area contributed by atoms with Crippen LogP contribution in [0.2, 0.25) is 0 Å². The normalized spacial score (nSPS) is 10.3. The summed E-state index contributed by atoms with van der Waals surface area (Å²) in [6.07, 6.45) is 0. The van der Waals surface area contributed by atoms with Gasteiger partial charge in [-0.25, -0.2) is 4.79 Å². The van der Waals surface area contributed by atoms with Crippen molar-refractivity contribution in [3.05, 3.63) is 100 Å². The fraction of sp³-hybridized carbons (Fsp3) is 0.0417. The van der Waals surface area contributed by atoms with Crippen LogP contribution in [0.15, 0.2) is 88.1 Å². The molecule has 4 rings (SSSR count). The lowest BCUT2D eigenvalue weighted by Gasteiger charge is -2.02. The first kappa shape index (κ1) is 16.7. The Morgan fingerprint density at radius 3 is 2.11 bits per heavy atom. The van der Waals surface area contributed by atoms with Crippen molar-refractivity contribution in [3.8, 4) is 28.7 Å². The summed E-state index contributed by atoms with van der Waals surface area (Å²) in [5.74, 6) is 7.05. The Labute approximate surface area is 156 Å². The summed E-state index contributed by atoms with van der Waals surface area (Å²) in [7, 11) is 1.64. The zero-order chi connectivity index (χ0) is 18.6. The summed E-state index contributed by atoms with van der Waals surface area (Å²) in [6.45, 7) is 0. The SMILES string of the molecule is COc1ccc(C#Cc2ccc(-c3cc4ccccc4oc3=O)cc2)cc1. The maximum Gasteiger partial charge on any atom is 0.344 e. The number of methoxy groups -OCH3 is 1. The van der Waals surface area contributed by atoms with Gasteiger partial charge in [-0.3, -0.25) is 0 Å². The molecule has 0 atom stereocenters. The van der Waals surface area contributed by atoms with Crippen molar-refractivity contribution in [2.75, 3.05) is 7.11 Å². The largest absolute Gasteiger partial charge is 0.497 e. The average Bonchev–Trinajstić information content (AvgIpc) is 2.72. The number of para-hydroxylation sites is 1. The van der Waals surface area contributed by atoms with Gasteiger partial charge >= 0.3 is 5.63 Å². The number of benzene rings is 3. The monoisotopic (exact) mass is 352 g/mol. The van der Waals surface area contributed by atoms with Crippen molar-refractivity contribution >= 4 is 11.0 Å². The Hall–Kier alpha value is -3.77. The first-order chi connectivity index (χ1) is 13.2. The van der Waals surface area contributed by atoms with Gasteiger partial charge in [-0.2, -0.15) is 0 Å². The highest BCUT2D eigenvalue weighted by atomic mass is 16.5. The molecule has 4 aromatic rings. The van der Waals surface area contributed by atoms with Crippen molar-refractivity contribution in [1.82, 2.24) is 0 Å². The molecule has 130 valence electrons. The predicted octanol–water partition coefficient (Wildman–Crippen LogP) is 4.87. The molecule has 0 spiro atoms. The molecule has 1 heterocycles. The van der Waals surface area contributed by atoms with Crippen LogP contribution in [0.4, 0.5) is 0 Å². The molecule has 0 fully saturated rings. The van der Waals surface area contributed by atoms with Gasteiger partial charge in [0.05, 0.1) is 12.7 Å². The summed E-state index contributed by atoms with van der Waals surface area (Å²) in [5, 5.41) is 0.899. The summed E-state index contributed by atoms with van der Waals surface area (Å²) >= 11 is 0. The van der Waals surface area contributed by atoms with Crippen LogP contribution >= 0.6 is 0 Å². The highest BCUT2D eigenvalue weighted by Gasteiger charge is 2.07. The summed E-state index contributed by atoms with van der Waals surface area (Å²) in [5.41, 5.74) is 3.39. The molecule has 0 amide bonds. The van der Waals surface area contributed by atoms with E-state index < -0.39 is 0 Å². The van der Waals surface area contributed by atoms with Gasteiger partial charge in [0.1, 0.15) is 11.3 Å². The molecular weight excluding hydrogens is 336 g/mol. The number of fused-ring (bicyclic) bond motifs is 1. The third-order valence-electron chi connectivity index (χ3n) is 4.28. The Balaban J connectivity index is 1.62. The molecule has 0 saturated carbocycles. The molecule has 0 N–H and O–H groups in total. The van der Waals surface area contributed by atoms with E-state index in [9.17, 15) is 4.79 Å². The summed E-state index contributed by atoms with van der Waals surface area (Å²) in [6, 6.07) is 24.5. The van der Waals surface area contributed by atoms with Gasteiger partial charge in [0.2, 0.25) is 0 Å². The topological polar surface area (TPSA) is 39.4 Å². The van der Waals surface area contributed by atoms with Crippen molar-refractivity contribution in [2.45, 2.75) is 0 Å². The second-order valence-corrected chi connectivity index (χ2v) is 6.04. The Morgan fingerprint density at radius 1 is 0.815 bits per heavy atom. The Bertz CT molecular complexity index is 1200. The van der Waals surface area contributed by atoms with Crippen LogP contribution in [0.25, 0.3) is 22.1 Å². The first-order valence-corrected chi connectivity index (χ1v) is 8.52. The van der Waals surface area contributed by atoms with E-state index in [4.69, 9.17) is 9.15 Å². The van der Waals surface area contributed by atoms with Crippen molar-refractivity contribution in [2.24, 2.45) is 0 Å². The van der Waals surface area contributed by atoms with Crippen molar-refractivity contribution < 1.29 is 9.15 Å². The van der Waals surface area contributed by atoms with Gasteiger partial charge < -0.3 is 9.15 Å². The number of rotatable bonds is 2. The zero-order valence-corrected chi connectivity index (χ0v) is 14.7. The minimum atomic E-state index is -0.342. The van der Waals surface area contributed by atoms with Gasteiger partial charge in [-0.05, 0) is 54.1 Å². The highest BCUT2D eigenvalue weighted by Crippen LogP contribution is 2.21. The first-order valence-electron chi connectivity index (χ1n) is 8.52. The molecular formula is C24H16O3. The standard InChI is InChI=1S/C24H16O3/c1-26-21-14-10-18(11-15-21)7-6-17-8-12-19(13-9-17)22-16-20-4-2-3-5-23(20)27-24(22)25/h2-5,8-16H,1H3. The van der Waals surface area contributed by atoms with Crippen molar-refractivity contribution in [3.63, 3.8) is 0 Å². The highest BCUT2D eigenvalue weighted by molar-refractivity contribution is 5.81. The fourth-order valence-corrected chi connectivity index (χ4v) is 2.81. The average molecular weight is 352 g/mol. The molecule has 3 heteroatoms. The van der Waals surface area contributed by atoms with E-state index in [0.29, 0.717) is 11.1 Å². The fourth-order valence-electron chi connectivity index (χ4n) is 2.81. The lowest BCUT2D eigenvalue weighted by molar-refractivity contribution is 0.415. The second-order valence-electron chi connectivity index (χ2n) is 6.04. The van der Waals surface area contributed by atoms with Crippen LogP contribution in [0, 0.1) is 11.8 Å². The molecule has 3 aromatic carbocycles. The Kier molecular flexibility index (Phi) is 4.47. The maximum absolute atomic E-state index is 12.3. The number of ether oxygens (including phenoxy) is 1. The van der Waals surface area contributed by atoms with Crippen LogP contribution < -0.4 is 10.4 Å². The molecule has 0 aliphatic carbocycles. The van der Waals surface area contributed by atoms with Gasteiger partial charge in [0.15, 0.2) is 0 Å². The molecule has 0 aliphatic rings. The van der Waals surface area contributed by atoms with E-state index in [1.54, 1.807) is 13.2 Å². The predicted molar refractivity (Wildman–Crippen MR) is 107 cm³/mol. The van der Waals surface area contributed by atoms with Crippen LogP contribution in [-0.2, 0) is 0 Å². The lowest BCUT2D eigenvalue weighted by Crippen LogP contribution is -2.02. The van der Waals surface area contributed by atoms with Crippen LogP contribution in [0.5, 0.6) is 5.75 Å². The second kappa shape index (κ2) is 7.23. The van der Waals surface area contributed by atoms with Gasteiger partial charge in [-0.15, -0.1) is 0 Å². The van der Waals surface area contributed by atoms with Gasteiger partial charge in [0, 0.05) is 16.5 Å². The Morgan fingerprint density at radius 2 is 1.44 bits per heavy atom. The third-order valence-corrected chi connectivity index (χ3v) is 4.28. The number of hydrogen-bond donors (Lipinski definition) is 0. The molecule has 0 radical (unpaired) electrons. The van der Waals surface area contributed by atoms with E-state index >= 15 is 0 Å². The molecule has 0 bridgehead atoms. The number of hydrogen-bond acceptors (Lipinski definition) is 3. The molecule has 0 saturated heterocycles. The van der Waals surface area contributed by atoms with Crippen LogP contribution in [0.3, 0.4) is 0 Å². The molecule has 3 nitrogen and oxygen atoms in total. The molecule has 27 heavy (non-hydrogen) atoms.